The molecule has 174 valence electrons. The number of rotatable bonds is 6. The van der Waals surface area contributed by atoms with E-state index in [2.05, 4.69) is 48.4 Å². The fraction of sp³-hybridized carbons (Fsp3) is 0.138. The molecule has 0 spiro atoms. The topological polar surface area (TPSA) is 64.0 Å². The van der Waals surface area contributed by atoms with Crippen LogP contribution < -0.4 is 10.9 Å². The maximum atomic E-state index is 13.4. The molecule has 0 saturated carbocycles. The van der Waals surface area contributed by atoms with Gasteiger partial charge in [0.2, 0.25) is 5.91 Å². The molecule has 3 aromatic carbocycles. The molecule has 0 atom stereocenters. The van der Waals surface area contributed by atoms with E-state index in [-0.39, 0.29) is 23.9 Å². The van der Waals surface area contributed by atoms with E-state index in [1.54, 1.807) is 0 Å². The lowest BCUT2D eigenvalue weighted by atomic mass is 10.0. The molecule has 0 aliphatic carbocycles. The van der Waals surface area contributed by atoms with Gasteiger partial charge in [-0.1, -0.05) is 86.6 Å². The number of thiophene rings is 1. The Morgan fingerprint density at radius 1 is 0.914 bits per heavy atom. The second kappa shape index (κ2) is 9.68. The van der Waals surface area contributed by atoms with Gasteiger partial charge >= 0.3 is 0 Å². The van der Waals surface area contributed by atoms with E-state index in [1.807, 2.05) is 60.0 Å². The van der Waals surface area contributed by atoms with E-state index in [0.29, 0.717) is 10.2 Å². The quantitative estimate of drug-likeness (QED) is 0.300. The average Bonchev–Trinajstić information content (AvgIpc) is 3.31. The van der Waals surface area contributed by atoms with Crippen LogP contribution in [0, 0.1) is 0 Å². The van der Waals surface area contributed by atoms with E-state index in [9.17, 15) is 9.59 Å². The van der Waals surface area contributed by atoms with Crippen LogP contribution in [0.25, 0.3) is 32.5 Å². The Bertz CT molecular complexity index is 1550. The lowest BCUT2D eigenvalue weighted by Crippen LogP contribution is -2.28. The third kappa shape index (κ3) is 4.66. The van der Waals surface area contributed by atoms with Gasteiger partial charge in [0.15, 0.2) is 0 Å². The van der Waals surface area contributed by atoms with Gasteiger partial charge in [-0.05, 0) is 34.2 Å². The Kier molecular flexibility index (Phi) is 6.29. The van der Waals surface area contributed by atoms with Gasteiger partial charge in [-0.15, -0.1) is 11.3 Å². The van der Waals surface area contributed by atoms with Gasteiger partial charge in [0.05, 0.1) is 11.7 Å². The second-order valence-electron chi connectivity index (χ2n) is 8.74. The number of amides is 1. The minimum Gasteiger partial charge on any atom is -0.324 e. The van der Waals surface area contributed by atoms with Crippen LogP contribution in [0.2, 0.25) is 0 Å². The van der Waals surface area contributed by atoms with Crippen LogP contribution in [0.15, 0.2) is 95.4 Å². The molecule has 0 bridgehead atoms. The Hall–Kier alpha value is -4.03. The minimum atomic E-state index is -0.259. The predicted molar refractivity (Wildman–Crippen MR) is 144 cm³/mol. The monoisotopic (exact) mass is 479 g/mol. The van der Waals surface area contributed by atoms with E-state index >= 15 is 0 Å². The van der Waals surface area contributed by atoms with E-state index in [4.69, 9.17) is 0 Å². The van der Waals surface area contributed by atoms with E-state index in [1.165, 1.54) is 22.2 Å². The highest BCUT2D eigenvalue weighted by Gasteiger charge is 2.16. The van der Waals surface area contributed by atoms with Gasteiger partial charge in [0.1, 0.15) is 11.4 Å². The standard InChI is InChI=1S/C29H25N3O2S/c1-19(2)23-10-6-7-11-25(23)31-26(33)16-32-18-30-28-27(29(32)34)24(17-35-28)22-14-12-21(13-15-22)20-8-4-3-5-9-20/h3-15,17-19H,16H2,1-2H3,(H,31,33). The Morgan fingerprint density at radius 2 is 1.57 bits per heavy atom. The molecule has 0 unspecified atom stereocenters. The molecule has 6 heteroatoms. The molecular weight excluding hydrogens is 454 g/mol. The Morgan fingerprint density at radius 3 is 2.31 bits per heavy atom. The third-order valence-corrected chi connectivity index (χ3v) is 6.92. The fourth-order valence-electron chi connectivity index (χ4n) is 4.22. The van der Waals surface area contributed by atoms with Crippen LogP contribution in [0.3, 0.4) is 0 Å². The molecule has 0 saturated heterocycles. The summed E-state index contributed by atoms with van der Waals surface area (Å²) in [7, 11) is 0. The average molecular weight is 480 g/mol. The molecular formula is C29H25N3O2S. The summed E-state index contributed by atoms with van der Waals surface area (Å²) >= 11 is 1.43. The number of anilines is 1. The largest absolute Gasteiger partial charge is 0.324 e. The molecule has 2 aromatic heterocycles. The molecule has 5 nitrogen and oxygen atoms in total. The summed E-state index contributed by atoms with van der Waals surface area (Å²) < 4.78 is 1.38. The van der Waals surface area contributed by atoms with Crippen molar-refractivity contribution in [1.29, 1.82) is 0 Å². The maximum Gasteiger partial charge on any atom is 0.263 e. The number of fused-ring (bicyclic) bond motifs is 1. The fourth-order valence-corrected chi connectivity index (χ4v) is 5.13. The summed E-state index contributed by atoms with van der Waals surface area (Å²) in [6.07, 6.45) is 1.46. The number of hydrogen-bond donors (Lipinski definition) is 1. The number of aromatic nitrogens is 2. The SMILES string of the molecule is CC(C)c1ccccc1NC(=O)Cn1cnc2scc(-c3ccc(-c4ccccc4)cc3)c2c1=O. The van der Waals surface area contributed by atoms with Crippen molar-refractivity contribution < 1.29 is 4.79 Å². The van der Waals surface area contributed by atoms with Gasteiger partial charge < -0.3 is 5.32 Å². The normalized spacial score (nSPS) is 11.2. The van der Waals surface area contributed by atoms with E-state index in [0.717, 1.165) is 33.5 Å². The van der Waals surface area contributed by atoms with Crippen molar-refractivity contribution in [2.45, 2.75) is 26.3 Å². The maximum absolute atomic E-state index is 13.4. The van der Waals surface area contributed by atoms with Crippen LogP contribution in [0.1, 0.15) is 25.3 Å². The van der Waals surface area contributed by atoms with E-state index < -0.39 is 0 Å². The van der Waals surface area contributed by atoms with Crippen molar-refractivity contribution in [3.63, 3.8) is 0 Å². The van der Waals surface area contributed by atoms with Crippen LogP contribution in [0.5, 0.6) is 0 Å². The zero-order chi connectivity index (χ0) is 24.4. The predicted octanol–water partition coefficient (Wildman–Crippen LogP) is 6.55. The van der Waals surface area contributed by atoms with Crippen molar-refractivity contribution in [3.05, 3.63) is 106 Å². The lowest BCUT2D eigenvalue weighted by Gasteiger charge is -2.14. The third-order valence-electron chi connectivity index (χ3n) is 6.03. The first-order valence-corrected chi connectivity index (χ1v) is 12.4. The van der Waals surface area contributed by atoms with Crippen molar-refractivity contribution in [3.8, 4) is 22.3 Å². The number of para-hydroxylation sites is 1. The molecule has 0 aliphatic heterocycles. The molecule has 0 radical (unpaired) electrons. The number of hydrogen-bond acceptors (Lipinski definition) is 4. The summed E-state index contributed by atoms with van der Waals surface area (Å²) in [5, 5.41) is 5.45. The highest BCUT2D eigenvalue weighted by molar-refractivity contribution is 7.17. The molecule has 35 heavy (non-hydrogen) atoms. The van der Waals surface area contributed by atoms with Gasteiger partial charge in [0.25, 0.3) is 5.56 Å². The Balaban J connectivity index is 1.43. The van der Waals surface area contributed by atoms with Crippen LogP contribution in [-0.4, -0.2) is 15.5 Å². The van der Waals surface area contributed by atoms with Crippen molar-refractivity contribution in [2.24, 2.45) is 0 Å². The minimum absolute atomic E-state index is 0.101. The summed E-state index contributed by atoms with van der Waals surface area (Å²) in [6, 6.07) is 26.1. The highest BCUT2D eigenvalue weighted by Crippen LogP contribution is 2.32. The number of carbonyl (C=O) groups excluding carboxylic acids is 1. The Labute approximate surface area is 207 Å². The van der Waals surface area contributed by atoms with Crippen LogP contribution >= 0.6 is 11.3 Å². The lowest BCUT2D eigenvalue weighted by molar-refractivity contribution is -0.116. The number of carbonyl (C=O) groups is 1. The van der Waals surface area contributed by atoms with Crippen molar-refractivity contribution in [1.82, 2.24) is 9.55 Å². The summed E-state index contributed by atoms with van der Waals surface area (Å²) in [5.74, 6) is 0.0132. The molecule has 2 heterocycles. The summed E-state index contributed by atoms with van der Waals surface area (Å²) in [5.41, 5.74) is 5.65. The molecule has 0 aliphatic rings. The number of nitrogens with zero attached hydrogens (tertiary/aromatic N) is 2. The molecule has 1 amide bonds. The second-order valence-corrected chi connectivity index (χ2v) is 9.60. The van der Waals surface area contributed by atoms with Crippen molar-refractivity contribution >= 4 is 33.1 Å². The summed E-state index contributed by atoms with van der Waals surface area (Å²) in [6.45, 7) is 4.06. The number of nitrogens with one attached hydrogen (secondary N) is 1. The van der Waals surface area contributed by atoms with Crippen molar-refractivity contribution in [2.75, 3.05) is 5.32 Å². The highest BCUT2D eigenvalue weighted by atomic mass is 32.1. The molecule has 5 aromatic rings. The first-order chi connectivity index (χ1) is 17.0. The van der Waals surface area contributed by atoms with Gasteiger partial charge in [-0.2, -0.15) is 0 Å². The summed E-state index contributed by atoms with van der Waals surface area (Å²) in [4.78, 5) is 31.3. The smallest absolute Gasteiger partial charge is 0.263 e. The number of benzene rings is 3. The first-order valence-electron chi connectivity index (χ1n) is 11.5. The van der Waals surface area contributed by atoms with Crippen LogP contribution in [-0.2, 0) is 11.3 Å². The first kappa shape index (κ1) is 22.7. The molecule has 1 N–H and O–H groups in total. The molecule has 0 fully saturated rings. The zero-order valence-corrected chi connectivity index (χ0v) is 20.4. The van der Waals surface area contributed by atoms with Gasteiger partial charge in [-0.25, -0.2) is 4.98 Å². The van der Waals surface area contributed by atoms with Gasteiger partial charge in [-0.3, -0.25) is 14.2 Å². The molecule has 5 rings (SSSR count). The van der Waals surface area contributed by atoms with Gasteiger partial charge in [0, 0.05) is 16.6 Å². The zero-order valence-electron chi connectivity index (χ0n) is 19.6. The van der Waals surface area contributed by atoms with Crippen LogP contribution in [0.4, 0.5) is 5.69 Å².